The molecule has 1 aliphatic heterocycles. The molecule has 2 aromatic carbocycles. The molecule has 0 saturated carbocycles. The molecule has 0 aliphatic carbocycles. The van der Waals surface area contributed by atoms with Crippen LogP contribution in [0.2, 0.25) is 0 Å². The van der Waals surface area contributed by atoms with E-state index in [0.717, 1.165) is 11.8 Å². The Morgan fingerprint density at radius 1 is 1.19 bits per heavy atom. The standard InChI is InChI=1S/C22H22FN3O4S/c1-3-26-19(27)13-18(20(28)25-17-8-6-5-7-16(17)23)31-22(26)24-15-11-9-14(10-12-15)21(29)30-4-2/h5-12,18H,3-4,13H2,1-2H3,(H,25,28). The molecule has 0 aromatic heterocycles. The summed E-state index contributed by atoms with van der Waals surface area (Å²) in [5, 5.41) is 2.17. The average Bonchev–Trinajstić information content (AvgIpc) is 2.76. The molecule has 0 spiro atoms. The van der Waals surface area contributed by atoms with Gasteiger partial charge in [-0.15, -0.1) is 0 Å². The molecule has 1 atom stereocenters. The summed E-state index contributed by atoms with van der Waals surface area (Å²) in [4.78, 5) is 43.0. The Balaban J connectivity index is 1.79. The van der Waals surface area contributed by atoms with E-state index in [4.69, 9.17) is 4.74 Å². The number of amides is 2. The highest BCUT2D eigenvalue weighted by atomic mass is 32.2. The fourth-order valence-corrected chi connectivity index (χ4v) is 4.09. The van der Waals surface area contributed by atoms with Gasteiger partial charge in [0.05, 0.1) is 23.5 Å². The quantitative estimate of drug-likeness (QED) is 0.683. The maximum absolute atomic E-state index is 13.9. The number of anilines is 1. The van der Waals surface area contributed by atoms with E-state index in [9.17, 15) is 18.8 Å². The van der Waals surface area contributed by atoms with Gasteiger partial charge in [0.25, 0.3) is 0 Å². The molecule has 1 aliphatic rings. The van der Waals surface area contributed by atoms with Crippen LogP contribution in [-0.2, 0) is 14.3 Å². The van der Waals surface area contributed by atoms with Gasteiger partial charge in [0, 0.05) is 13.0 Å². The molecule has 7 nitrogen and oxygen atoms in total. The molecule has 1 heterocycles. The summed E-state index contributed by atoms with van der Waals surface area (Å²) in [6, 6.07) is 12.3. The van der Waals surface area contributed by atoms with Crippen LogP contribution in [0.1, 0.15) is 30.6 Å². The van der Waals surface area contributed by atoms with Gasteiger partial charge in [-0.3, -0.25) is 14.5 Å². The highest BCUT2D eigenvalue weighted by molar-refractivity contribution is 8.15. The average molecular weight is 444 g/mol. The first-order valence-corrected chi connectivity index (χ1v) is 10.7. The van der Waals surface area contributed by atoms with Crippen molar-refractivity contribution in [3.63, 3.8) is 0 Å². The fraction of sp³-hybridized carbons (Fsp3) is 0.273. The van der Waals surface area contributed by atoms with Crippen LogP contribution in [0.3, 0.4) is 0 Å². The molecule has 1 N–H and O–H groups in total. The van der Waals surface area contributed by atoms with E-state index < -0.39 is 22.9 Å². The topological polar surface area (TPSA) is 88.1 Å². The second-order valence-corrected chi connectivity index (χ2v) is 7.75. The zero-order chi connectivity index (χ0) is 22.4. The van der Waals surface area contributed by atoms with Crippen LogP contribution >= 0.6 is 11.8 Å². The van der Waals surface area contributed by atoms with Crippen molar-refractivity contribution >= 4 is 46.1 Å². The second kappa shape index (κ2) is 10.2. The highest BCUT2D eigenvalue weighted by Gasteiger charge is 2.35. The molecule has 1 saturated heterocycles. The van der Waals surface area contributed by atoms with E-state index in [-0.39, 0.29) is 24.6 Å². The normalized spacial score (nSPS) is 17.5. The van der Waals surface area contributed by atoms with Gasteiger partial charge in [0.2, 0.25) is 11.8 Å². The van der Waals surface area contributed by atoms with Crippen molar-refractivity contribution in [2.75, 3.05) is 18.5 Å². The third-order valence-electron chi connectivity index (χ3n) is 4.48. The summed E-state index contributed by atoms with van der Waals surface area (Å²) in [6.07, 6.45) is -0.0143. The van der Waals surface area contributed by atoms with Crippen molar-refractivity contribution in [1.29, 1.82) is 0 Å². The molecule has 31 heavy (non-hydrogen) atoms. The lowest BCUT2D eigenvalue weighted by Gasteiger charge is -2.30. The number of halogens is 1. The van der Waals surface area contributed by atoms with Gasteiger partial charge in [-0.2, -0.15) is 0 Å². The molecule has 3 rings (SSSR count). The van der Waals surface area contributed by atoms with Crippen molar-refractivity contribution in [2.24, 2.45) is 4.99 Å². The Hall–Kier alpha value is -3.20. The van der Waals surface area contributed by atoms with Crippen LogP contribution in [0.15, 0.2) is 53.5 Å². The van der Waals surface area contributed by atoms with Crippen molar-refractivity contribution in [3.8, 4) is 0 Å². The number of aliphatic imine (C=N–C) groups is 1. The summed E-state index contributed by atoms with van der Waals surface area (Å²) in [7, 11) is 0. The number of nitrogens with one attached hydrogen (secondary N) is 1. The van der Waals surface area contributed by atoms with Gasteiger partial charge in [-0.1, -0.05) is 23.9 Å². The number of amidine groups is 1. The van der Waals surface area contributed by atoms with E-state index in [2.05, 4.69) is 10.3 Å². The third kappa shape index (κ3) is 5.49. The van der Waals surface area contributed by atoms with Crippen molar-refractivity contribution in [2.45, 2.75) is 25.5 Å². The van der Waals surface area contributed by atoms with Gasteiger partial charge in [-0.05, 0) is 50.2 Å². The Kier molecular flexibility index (Phi) is 7.41. The Bertz CT molecular complexity index is 1010. The molecular formula is C22H22FN3O4S. The van der Waals surface area contributed by atoms with Gasteiger partial charge in [-0.25, -0.2) is 14.2 Å². The summed E-state index contributed by atoms with van der Waals surface area (Å²) in [5.74, 6) is -1.68. The maximum atomic E-state index is 13.9. The Morgan fingerprint density at radius 2 is 1.90 bits per heavy atom. The number of thioether (sulfide) groups is 1. The van der Waals surface area contributed by atoms with Crippen molar-refractivity contribution in [1.82, 2.24) is 4.90 Å². The number of hydrogen-bond donors (Lipinski definition) is 1. The van der Waals surface area contributed by atoms with Crippen molar-refractivity contribution in [3.05, 3.63) is 59.9 Å². The predicted octanol–water partition coefficient (Wildman–Crippen LogP) is 3.98. The summed E-state index contributed by atoms with van der Waals surface area (Å²) >= 11 is 1.14. The first-order chi connectivity index (χ1) is 14.9. The largest absolute Gasteiger partial charge is 0.462 e. The third-order valence-corrected chi connectivity index (χ3v) is 5.67. The van der Waals surface area contributed by atoms with Crippen molar-refractivity contribution < 1.29 is 23.5 Å². The van der Waals surface area contributed by atoms with E-state index >= 15 is 0 Å². The minimum atomic E-state index is -0.743. The van der Waals surface area contributed by atoms with Gasteiger partial charge in [0.1, 0.15) is 11.1 Å². The molecule has 1 fully saturated rings. The van der Waals surface area contributed by atoms with Crippen LogP contribution in [-0.4, -0.2) is 46.3 Å². The van der Waals surface area contributed by atoms with E-state index in [0.29, 0.717) is 23.0 Å². The van der Waals surface area contributed by atoms with Gasteiger partial charge >= 0.3 is 5.97 Å². The number of para-hydroxylation sites is 1. The minimum absolute atomic E-state index is 0.0143. The number of hydrogen-bond acceptors (Lipinski definition) is 6. The first kappa shape index (κ1) is 22.5. The second-order valence-electron chi connectivity index (χ2n) is 6.58. The molecule has 2 aromatic rings. The molecule has 162 valence electrons. The number of esters is 1. The predicted molar refractivity (Wildman–Crippen MR) is 118 cm³/mol. The summed E-state index contributed by atoms with van der Waals surface area (Å²) < 4.78 is 18.8. The number of ether oxygens (including phenoxy) is 1. The number of carbonyl (C=O) groups is 3. The van der Waals surface area contributed by atoms with Crippen LogP contribution in [0.4, 0.5) is 15.8 Å². The lowest BCUT2D eigenvalue weighted by atomic mass is 10.2. The maximum Gasteiger partial charge on any atom is 0.338 e. The Labute approximate surface area is 183 Å². The van der Waals surface area contributed by atoms with Gasteiger partial charge < -0.3 is 10.1 Å². The molecule has 1 unspecified atom stereocenters. The zero-order valence-corrected chi connectivity index (χ0v) is 17.9. The summed E-state index contributed by atoms with van der Waals surface area (Å²) in [6.45, 7) is 4.22. The molecule has 0 radical (unpaired) electrons. The number of carbonyl (C=O) groups excluding carboxylic acids is 3. The Morgan fingerprint density at radius 3 is 2.55 bits per heavy atom. The number of nitrogens with zero attached hydrogens (tertiary/aromatic N) is 2. The van der Waals surface area contributed by atoms with E-state index in [1.165, 1.54) is 23.1 Å². The lowest BCUT2D eigenvalue weighted by Crippen LogP contribution is -2.45. The number of benzene rings is 2. The van der Waals surface area contributed by atoms with E-state index in [1.54, 1.807) is 37.3 Å². The molecule has 9 heteroatoms. The first-order valence-electron chi connectivity index (χ1n) is 9.81. The SMILES string of the molecule is CCOC(=O)c1ccc(N=C2SC(C(=O)Nc3ccccc3F)CC(=O)N2CC)cc1. The number of rotatable bonds is 6. The molecular weight excluding hydrogens is 421 g/mol. The molecule has 2 amide bonds. The van der Waals surface area contributed by atoms with Gasteiger partial charge in [0.15, 0.2) is 5.17 Å². The van der Waals surface area contributed by atoms with Crippen LogP contribution in [0.5, 0.6) is 0 Å². The summed E-state index contributed by atoms with van der Waals surface area (Å²) in [5.41, 5.74) is 0.983. The van der Waals surface area contributed by atoms with Crippen LogP contribution in [0, 0.1) is 5.82 Å². The highest BCUT2D eigenvalue weighted by Crippen LogP contribution is 2.30. The minimum Gasteiger partial charge on any atom is -0.462 e. The van der Waals surface area contributed by atoms with E-state index in [1.807, 2.05) is 6.92 Å². The molecule has 0 bridgehead atoms. The smallest absolute Gasteiger partial charge is 0.338 e. The fourth-order valence-electron chi connectivity index (χ4n) is 2.93. The van der Waals surface area contributed by atoms with Crippen LogP contribution in [0.25, 0.3) is 0 Å². The lowest BCUT2D eigenvalue weighted by molar-refractivity contribution is -0.129. The van der Waals surface area contributed by atoms with Crippen LogP contribution < -0.4 is 5.32 Å². The monoisotopic (exact) mass is 443 g/mol. The zero-order valence-electron chi connectivity index (χ0n) is 17.1.